The summed E-state index contributed by atoms with van der Waals surface area (Å²) in [7, 11) is 0. The summed E-state index contributed by atoms with van der Waals surface area (Å²) in [6, 6.07) is 10.6. The van der Waals surface area contributed by atoms with E-state index in [0.29, 0.717) is 5.78 Å². The molecule has 0 bridgehead atoms. The van der Waals surface area contributed by atoms with Crippen LogP contribution in [-0.4, -0.2) is 5.78 Å². The SMILES string of the molecule is C=C1CC2(c3ccccc3)CCCCC2C1=O. The van der Waals surface area contributed by atoms with E-state index < -0.39 is 0 Å². The molecule has 1 heteroatoms. The van der Waals surface area contributed by atoms with Crippen LogP contribution >= 0.6 is 0 Å². The molecule has 1 aromatic carbocycles. The van der Waals surface area contributed by atoms with Crippen LogP contribution in [0.15, 0.2) is 42.5 Å². The van der Waals surface area contributed by atoms with Gasteiger partial charge < -0.3 is 0 Å². The van der Waals surface area contributed by atoms with Crippen LogP contribution in [-0.2, 0) is 10.2 Å². The summed E-state index contributed by atoms with van der Waals surface area (Å²) >= 11 is 0. The van der Waals surface area contributed by atoms with Crippen molar-refractivity contribution < 1.29 is 4.79 Å². The minimum atomic E-state index is 0.0771. The van der Waals surface area contributed by atoms with Crippen molar-refractivity contribution in [2.45, 2.75) is 37.5 Å². The highest BCUT2D eigenvalue weighted by molar-refractivity contribution is 6.01. The summed E-state index contributed by atoms with van der Waals surface area (Å²) in [6.45, 7) is 3.98. The molecule has 0 N–H and O–H groups in total. The zero-order valence-electron chi connectivity index (χ0n) is 10.1. The van der Waals surface area contributed by atoms with Gasteiger partial charge in [-0.15, -0.1) is 0 Å². The molecular weight excluding hydrogens is 208 g/mol. The molecule has 17 heavy (non-hydrogen) atoms. The number of hydrogen-bond acceptors (Lipinski definition) is 1. The van der Waals surface area contributed by atoms with Crippen molar-refractivity contribution in [3.63, 3.8) is 0 Å². The van der Waals surface area contributed by atoms with Crippen molar-refractivity contribution in [2.24, 2.45) is 5.92 Å². The fraction of sp³-hybridized carbons (Fsp3) is 0.438. The van der Waals surface area contributed by atoms with E-state index in [2.05, 4.69) is 30.8 Å². The molecule has 88 valence electrons. The molecule has 0 radical (unpaired) electrons. The van der Waals surface area contributed by atoms with Gasteiger partial charge in [-0.3, -0.25) is 4.79 Å². The van der Waals surface area contributed by atoms with Crippen LogP contribution in [0.1, 0.15) is 37.7 Å². The second kappa shape index (κ2) is 3.83. The molecule has 2 fully saturated rings. The number of fused-ring (bicyclic) bond motifs is 1. The minimum absolute atomic E-state index is 0.0771. The van der Waals surface area contributed by atoms with E-state index >= 15 is 0 Å². The van der Waals surface area contributed by atoms with E-state index in [-0.39, 0.29) is 11.3 Å². The summed E-state index contributed by atoms with van der Waals surface area (Å²) in [5, 5.41) is 0. The lowest BCUT2D eigenvalue weighted by molar-refractivity contribution is -0.119. The molecule has 2 aliphatic carbocycles. The molecular formula is C16H18O. The van der Waals surface area contributed by atoms with Gasteiger partial charge in [0.2, 0.25) is 0 Å². The number of rotatable bonds is 1. The van der Waals surface area contributed by atoms with E-state index in [1.807, 2.05) is 6.07 Å². The van der Waals surface area contributed by atoms with Crippen molar-refractivity contribution in [3.8, 4) is 0 Å². The number of carbonyl (C=O) groups is 1. The summed E-state index contributed by atoms with van der Waals surface area (Å²) in [5.74, 6) is 0.528. The standard InChI is InChI=1S/C16H18O/c1-12-11-16(13-7-3-2-4-8-13)10-6-5-9-14(16)15(12)17/h2-4,7-8,14H,1,5-6,9-11H2. The monoisotopic (exact) mass is 226 g/mol. The maximum Gasteiger partial charge on any atom is 0.162 e. The molecule has 2 aliphatic rings. The largest absolute Gasteiger partial charge is 0.294 e. The minimum Gasteiger partial charge on any atom is -0.294 e. The van der Waals surface area contributed by atoms with E-state index in [0.717, 1.165) is 24.8 Å². The summed E-state index contributed by atoms with van der Waals surface area (Å²) in [6.07, 6.45) is 5.50. The summed E-state index contributed by atoms with van der Waals surface area (Å²) in [4.78, 5) is 12.2. The van der Waals surface area contributed by atoms with Gasteiger partial charge in [0.25, 0.3) is 0 Å². The molecule has 2 saturated carbocycles. The molecule has 0 amide bonds. The Morgan fingerprint density at radius 3 is 2.71 bits per heavy atom. The van der Waals surface area contributed by atoms with E-state index in [1.54, 1.807) is 0 Å². The van der Waals surface area contributed by atoms with Crippen LogP contribution in [0.4, 0.5) is 0 Å². The molecule has 0 spiro atoms. The summed E-state index contributed by atoms with van der Waals surface area (Å²) in [5.41, 5.74) is 2.27. The lowest BCUT2D eigenvalue weighted by atomic mass is 9.64. The number of hydrogen-bond donors (Lipinski definition) is 0. The first-order valence-electron chi connectivity index (χ1n) is 6.51. The Balaban J connectivity index is 2.09. The number of Topliss-reactive ketones (excluding diaryl/α,β-unsaturated/α-hetero) is 1. The van der Waals surface area contributed by atoms with E-state index in [9.17, 15) is 4.79 Å². The third kappa shape index (κ3) is 1.49. The van der Waals surface area contributed by atoms with Gasteiger partial charge in [0.05, 0.1) is 0 Å². The second-order valence-electron chi connectivity index (χ2n) is 5.47. The number of benzene rings is 1. The topological polar surface area (TPSA) is 17.1 Å². The lowest BCUT2D eigenvalue weighted by Gasteiger charge is -2.38. The van der Waals surface area contributed by atoms with Gasteiger partial charge in [0.15, 0.2) is 5.78 Å². The van der Waals surface area contributed by atoms with Gasteiger partial charge in [-0.2, -0.15) is 0 Å². The Labute approximate surface area is 103 Å². The Bertz CT molecular complexity index is 460. The average molecular weight is 226 g/mol. The normalized spacial score (nSPS) is 32.6. The second-order valence-corrected chi connectivity index (χ2v) is 5.47. The van der Waals surface area contributed by atoms with Crippen LogP contribution in [0.2, 0.25) is 0 Å². The molecule has 0 saturated heterocycles. The fourth-order valence-electron chi connectivity index (χ4n) is 3.77. The Hall–Kier alpha value is -1.37. The number of carbonyl (C=O) groups excluding carboxylic acids is 1. The highest BCUT2D eigenvalue weighted by atomic mass is 16.1. The Kier molecular flexibility index (Phi) is 2.43. The molecule has 1 nitrogen and oxygen atoms in total. The maximum absolute atomic E-state index is 12.2. The van der Waals surface area contributed by atoms with Gasteiger partial charge in [-0.05, 0) is 30.4 Å². The first-order chi connectivity index (χ1) is 8.24. The lowest BCUT2D eigenvalue weighted by Crippen LogP contribution is -2.36. The molecule has 0 aliphatic heterocycles. The zero-order valence-corrected chi connectivity index (χ0v) is 10.1. The van der Waals surface area contributed by atoms with Gasteiger partial charge >= 0.3 is 0 Å². The van der Waals surface area contributed by atoms with E-state index in [4.69, 9.17) is 0 Å². The fourth-order valence-corrected chi connectivity index (χ4v) is 3.77. The quantitative estimate of drug-likeness (QED) is 0.668. The summed E-state index contributed by atoms with van der Waals surface area (Å²) < 4.78 is 0. The van der Waals surface area contributed by atoms with Crippen LogP contribution in [0.3, 0.4) is 0 Å². The van der Waals surface area contributed by atoms with Gasteiger partial charge in [-0.25, -0.2) is 0 Å². The van der Waals surface area contributed by atoms with Gasteiger partial charge in [0.1, 0.15) is 0 Å². The van der Waals surface area contributed by atoms with Crippen LogP contribution in [0.25, 0.3) is 0 Å². The first-order valence-corrected chi connectivity index (χ1v) is 6.51. The highest BCUT2D eigenvalue weighted by Crippen LogP contribution is 2.53. The maximum atomic E-state index is 12.2. The molecule has 1 aromatic rings. The predicted octanol–water partition coefficient (Wildman–Crippen LogP) is 3.64. The molecule has 2 atom stereocenters. The third-order valence-corrected chi connectivity index (χ3v) is 4.58. The van der Waals surface area contributed by atoms with Crippen molar-refractivity contribution >= 4 is 5.78 Å². The number of allylic oxidation sites excluding steroid dienone is 1. The van der Waals surface area contributed by atoms with Crippen LogP contribution in [0.5, 0.6) is 0 Å². The number of ketones is 1. The van der Waals surface area contributed by atoms with Crippen molar-refractivity contribution in [1.82, 2.24) is 0 Å². The predicted molar refractivity (Wildman–Crippen MR) is 68.8 cm³/mol. The third-order valence-electron chi connectivity index (χ3n) is 4.58. The van der Waals surface area contributed by atoms with Crippen LogP contribution < -0.4 is 0 Å². The van der Waals surface area contributed by atoms with Crippen molar-refractivity contribution in [1.29, 1.82) is 0 Å². The van der Waals surface area contributed by atoms with Crippen molar-refractivity contribution in [3.05, 3.63) is 48.0 Å². The molecule has 2 unspecified atom stereocenters. The molecule has 0 aromatic heterocycles. The first kappa shape index (κ1) is 10.8. The van der Waals surface area contributed by atoms with Crippen LogP contribution in [0, 0.1) is 5.92 Å². The average Bonchev–Trinajstić information content (AvgIpc) is 2.64. The van der Waals surface area contributed by atoms with Crippen molar-refractivity contribution in [2.75, 3.05) is 0 Å². The molecule has 0 heterocycles. The Morgan fingerprint density at radius 1 is 1.18 bits per heavy atom. The van der Waals surface area contributed by atoms with E-state index in [1.165, 1.54) is 18.4 Å². The highest BCUT2D eigenvalue weighted by Gasteiger charge is 2.51. The molecule has 3 rings (SSSR count). The van der Waals surface area contributed by atoms with Gasteiger partial charge in [-0.1, -0.05) is 49.8 Å². The van der Waals surface area contributed by atoms with Gasteiger partial charge in [0, 0.05) is 11.3 Å². The smallest absolute Gasteiger partial charge is 0.162 e. The zero-order chi connectivity index (χ0) is 11.9. The Morgan fingerprint density at radius 2 is 1.94 bits per heavy atom.